The van der Waals surface area contributed by atoms with Crippen LogP contribution < -0.4 is 5.32 Å². The number of aromatic nitrogens is 2. The van der Waals surface area contributed by atoms with Gasteiger partial charge in [-0.05, 0) is 35.9 Å². The lowest BCUT2D eigenvalue weighted by Gasteiger charge is -2.06. The third-order valence-corrected chi connectivity index (χ3v) is 3.53. The standard InChI is InChI=1S/C17H15N3O3/c1-23-17(22)12-4-2-11(3-5-12)9-18-16(21)13-6-7-15-14(8-13)10-19-20-15/h2-8,10H,9H2,1H3,(H,18,21)(H,19,20). The van der Waals surface area contributed by atoms with Crippen molar-refractivity contribution in [3.63, 3.8) is 0 Å². The molecule has 2 N–H and O–H groups in total. The summed E-state index contributed by atoms with van der Waals surface area (Å²) in [5, 5.41) is 10.5. The highest BCUT2D eigenvalue weighted by molar-refractivity contribution is 5.97. The lowest BCUT2D eigenvalue weighted by Crippen LogP contribution is -2.22. The topological polar surface area (TPSA) is 84.1 Å². The van der Waals surface area contributed by atoms with Crippen molar-refractivity contribution in [2.24, 2.45) is 0 Å². The van der Waals surface area contributed by atoms with E-state index in [0.29, 0.717) is 17.7 Å². The number of carbonyl (C=O) groups is 2. The highest BCUT2D eigenvalue weighted by Crippen LogP contribution is 2.13. The predicted octanol–water partition coefficient (Wildman–Crippen LogP) is 2.28. The fourth-order valence-corrected chi connectivity index (χ4v) is 2.24. The van der Waals surface area contributed by atoms with Crippen molar-refractivity contribution in [1.82, 2.24) is 15.5 Å². The monoisotopic (exact) mass is 309 g/mol. The lowest BCUT2D eigenvalue weighted by atomic mass is 10.1. The van der Waals surface area contributed by atoms with Gasteiger partial charge in [-0.3, -0.25) is 9.89 Å². The fraction of sp³-hybridized carbons (Fsp3) is 0.118. The van der Waals surface area contributed by atoms with Gasteiger partial charge in [-0.1, -0.05) is 12.1 Å². The number of fused-ring (bicyclic) bond motifs is 1. The lowest BCUT2D eigenvalue weighted by molar-refractivity contribution is 0.0600. The summed E-state index contributed by atoms with van der Waals surface area (Å²) in [4.78, 5) is 23.6. The minimum Gasteiger partial charge on any atom is -0.465 e. The third kappa shape index (κ3) is 3.21. The van der Waals surface area contributed by atoms with Crippen LogP contribution in [0.3, 0.4) is 0 Å². The van der Waals surface area contributed by atoms with Gasteiger partial charge in [-0.15, -0.1) is 0 Å². The van der Waals surface area contributed by atoms with Gasteiger partial charge in [0.25, 0.3) is 5.91 Å². The number of ether oxygens (including phenoxy) is 1. The molecule has 0 fully saturated rings. The van der Waals surface area contributed by atoms with E-state index in [2.05, 4.69) is 20.3 Å². The molecule has 0 aliphatic rings. The van der Waals surface area contributed by atoms with Crippen LogP contribution >= 0.6 is 0 Å². The van der Waals surface area contributed by atoms with Crippen LogP contribution in [0, 0.1) is 0 Å². The van der Waals surface area contributed by atoms with Gasteiger partial charge < -0.3 is 10.1 Å². The van der Waals surface area contributed by atoms with Crippen LogP contribution in [0.25, 0.3) is 10.9 Å². The van der Waals surface area contributed by atoms with E-state index in [0.717, 1.165) is 16.5 Å². The zero-order chi connectivity index (χ0) is 16.2. The summed E-state index contributed by atoms with van der Waals surface area (Å²) in [6, 6.07) is 12.3. The van der Waals surface area contributed by atoms with E-state index in [1.807, 2.05) is 6.07 Å². The summed E-state index contributed by atoms with van der Waals surface area (Å²) in [7, 11) is 1.34. The molecular weight excluding hydrogens is 294 g/mol. The van der Waals surface area contributed by atoms with Crippen LogP contribution in [0.15, 0.2) is 48.7 Å². The molecule has 2 aromatic carbocycles. The Labute approximate surface area is 132 Å². The number of methoxy groups -OCH3 is 1. The second-order valence-electron chi connectivity index (χ2n) is 5.04. The largest absolute Gasteiger partial charge is 0.465 e. The number of H-pyrrole nitrogens is 1. The summed E-state index contributed by atoms with van der Waals surface area (Å²) in [5.74, 6) is -0.542. The van der Waals surface area contributed by atoms with Crippen molar-refractivity contribution < 1.29 is 14.3 Å². The van der Waals surface area contributed by atoms with Gasteiger partial charge >= 0.3 is 5.97 Å². The van der Waals surface area contributed by atoms with E-state index in [9.17, 15) is 9.59 Å². The van der Waals surface area contributed by atoms with E-state index in [1.165, 1.54) is 7.11 Å². The summed E-state index contributed by atoms with van der Waals surface area (Å²) in [6.07, 6.45) is 1.68. The maximum atomic E-state index is 12.2. The van der Waals surface area contributed by atoms with Crippen LogP contribution in [-0.4, -0.2) is 29.2 Å². The number of rotatable bonds is 4. The number of aromatic amines is 1. The number of carbonyl (C=O) groups excluding carboxylic acids is 2. The van der Waals surface area contributed by atoms with E-state index in [1.54, 1.807) is 42.6 Å². The van der Waals surface area contributed by atoms with Gasteiger partial charge in [0.2, 0.25) is 0 Å². The molecule has 116 valence electrons. The predicted molar refractivity (Wildman–Crippen MR) is 85.0 cm³/mol. The molecule has 0 aliphatic heterocycles. The molecule has 0 saturated carbocycles. The smallest absolute Gasteiger partial charge is 0.337 e. The van der Waals surface area contributed by atoms with E-state index < -0.39 is 0 Å². The number of nitrogens with one attached hydrogen (secondary N) is 2. The van der Waals surface area contributed by atoms with Crippen LogP contribution in [0.1, 0.15) is 26.3 Å². The highest BCUT2D eigenvalue weighted by Gasteiger charge is 2.08. The Kier molecular flexibility index (Phi) is 4.05. The van der Waals surface area contributed by atoms with Gasteiger partial charge in [0.15, 0.2) is 0 Å². The number of esters is 1. The summed E-state index contributed by atoms with van der Waals surface area (Å²) in [5.41, 5.74) is 2.84. The van der Waals surface area contributed by atoms with E-state index >= 15 is 0 Å². The SMILES string of the molecule is COC(=O)c1ccc(CNC(=O)c2ccc3[nH]ncc3c2)cc1. The molecule has 0 atom stereocenters. The van der Waals surface area contributed by atoms with Gasteiger partial charge in [0, 0.05) is 17.5 Å². The minimum atomic E-state index is -0.381. The van der Waals surface area contributed by atoms with Crippen molar-refractivity contribution in [3.8, 4) is 0 Å². The zero-order valence-corrected chi connectivity index (χ0v) is 12.5. The second kappa shape index (κ2) is 6.31. The van der Waals surface area contributed by atoms with Crippen LogP contribution in [0.2, 0.25) is 0 Å². The third-order valence-electron chi connectivity index (χ3n) is 3.53. The number of nitrogens with zero attached hydrogens (tertiary/aromatic N) is 1. The van der Waals surface area contributed by atoms with Crippen molar-refractivity contribution in [1.29, 1.82) is 0 Å². The Morgan fingerprint density at radius 3 is 2.61 bits per heavy atom. The average molecular weight is 309 g/mol. The number of hydrogen-bond donors (Lipinski definition) is 2. The molecule has 1 heterocycles. The molecule has 1 amide bonds. The first-order chi connectivity index (χ1) is 11.2. The molecule has 3 aromatic rings. The molecule has 6 nitrogen and oxygen atoms in total. The molecule has 23 heavy (non-hydrogen) atoms. The maximum absolute atomic E-state index is 12.2. The van der Waals surface area contributed by atoms with E-state index in [-0.39, 0.29) is 11.9 Å². The fourth-order valence-electron chi connectivity index (χ4n) is 2.24. The van der Waals surface area contributed by atoms with E-state index in [4.69, 9.17) is 0 Å². The molecule has 1 aromatic heterocycles. The summed E-state index contributed by atoms with van der Waals surface area (Å²) >= 11 is 0. The number of amides is 1. The van der Waals surface area contributed by atoms with Gasteiger partial charge in [-0.2, -0.15) is 5.10 Å². The van der Waals surface area contributed by atoms with Crippen molar-refractivity contribution in [3.05, 3.63) is 65.4 Å². The first kappa shape index (κ1) is 14.8. The highest BCUT2D eigenvalue weighted by atomic mass is 16.5. The maximum Gasteiger partial charge on any atom is 0.337 e. The normalized spacial score (nSPS) is 10.5. The number of hydrogen-bond acceptors (Lipinski definition) is 4. The molecule has 0 bridgehead atoms. The van der Waals surface area contributed by atoms with Crippen molar-refractivity contribution in [2.75, 3.05) is 7.11 Å². The zero-order valence-electron chi connectivity index (χ0n) is 12.5. The summed E-state index contributed by atoms with van der Waals surface area (Å²) in [6.45, 7) is 0.379. The van der Waals surface area contributed by atoms with Crippen molar-refractivity contribution >= 4 is 22.8 Å². The first-order valence-electron chi connectivity index (χ1n) is 7.06. The first-order valence-corrected chi connectivity index (χ1v) is 7.06. The molecule has 3 rings (SSSR count). The Bertz CT molecular complexity index is 853. The molecule has 6 heteroatoms. The number of benzene rings is 2. The molecule has 0 radical (unpaired) electrons. The Hall–Kier alpha value is -3.15. The quantitative estimate of drug-likeness (QED) is 0.724. The molecular formula is C17H15N3O3. The Morgan fingerprint density at radius 1 is 1.13 bits per heavy atom. The van der Waals surface area contributed by atoms with Crippen molar-refractivity contribution in [2.45, 2.75) is 6.54 Å². The van der Waals surface area contributed by atoms with Gasteiger partial charge in [-0.25, -0.2) is 4.79 Å². The van der Waals surface area contributed by atoms with Gasteiger partial charge in [0.1, 0.15) is 0 Å². The van der Waals surface area contributed by atoms with Crippen LogP contribution in [0.5, 0.6) is 0 Å². The average Bonchev–Trinajstić information content (AvgIpc) is 3.07. The van der Waals surface area contributed by atoms with Crippen LogP contribution in [-0.2, 0) is 11.3 Å². The Balaban J connectivity index is 1.65. The molecule has 0 unspecified atom stereocenters. The summed E-state index contributed by atoms with van der Waals surface area (Å²) < 4.78 is 4.64. The Morgan fingerprint density at radius 2 is 1.87 bits per heavy atom. The van der Waals surface area contributed by atoms with Gasteiger partial charge in [0.05, 0.1) is 24.4 Å². The molecule has 0 spiro atoms. The van der Waals surface area contributed by atoms with Crippen LogP contribution in [0.4, 0.5) is 0 Å². The molecule has 0 aliphatic carbocycles. The minimum absolute atomic E-state index is 0.162. The molecule has 0 saturated heterocycles. The second-order valence-corrected chi connectivity index (χ2v) is 5.04.